The molecule has 1 amide bonds. The third kappa shape index (κ3) is 4.22. The zero-order valence-electron chi connectivity index (χ0n) is 20.4. The highest BCUT2D eigenvalue weighted by atomic mass is 35.5. The molecule has 0 bridgehead atoms. The van der Waals surface area contributed by atoms with E-state index in [4.69, 9.17) is 16.3 Å². The number of rotatable bonds is 5. The molecule has 0 saturated carbocycles. The van der Waals surface area contributed by atoms with Crippen molar-refractivity contribution in [1.82, 2.24) is 24.5 Å². The minimum Gasteiger partial charge on any atom is -0.424 e. The summed E-state index contributed by atoms with van der Waals surface area (Å²) in [7, 11) is 2.00. The van der Waals surface area contributed by atoms with E-state index < -0.39 is 0 Å². The van der Waals surface area contributed by atoms with Gasteiger partial charge in [0.25, 0.3) is 0 Å². The number of aromatic nitrogens is 5. The molecule has 1 aliphatic rings. The summed E-state index contributed by atoms with van der Waals surface area (Å²) in [5.74, 6) is 1.15. The van der Waals surface area contributed by atoms with Crippen molar-refractivity contribution in [2.45, 2.75) is 6.42 Å². The van der Waals surface area contributed by atoms with Gasteiger partial charge in [0.1, 0.15) is 28.7 Å². The van der Waals surface area contributed by atoms with Crippen LogP contribution in [0.15, 0.2) is 73.7 Å². The normalized spacial score (nSPS) is 12.2. The monoisotopic (exact) mass is 523 g/mol. The van der Waals surface area contributed by atoms with Gasteiger partial charge in [-0.1, -0.05) is 36.4 Å². The van der Waals surface area contributed by atoms with Crippen LogP contribution in [-0.4, -0.2) is 37.0 Å². The van der Waals surface area contributed by atoms with E-state index in [1.807, 2.05) is 49.5 Å². The third-order valence-electron chi connectivity index (χ3n) is 6.42. The molecular weight excluding hydrogens is 502 g/mol. The van der Waals surface area contributed by atoms with Crippen molar-refractivity contribution in [3.63, 3.8) is 0 Å². The van der Waals surface area contributed by atoms with Gasteiger partial charge in [0, 0.05) is 31.0 Å². The van der Waals surface area contributed by atoms with E-state index in [0.717, 1.165) is 51.2 Å². The van der Waals surface area contributed by atoms with Crippen LogP contribution >= 0.6 is 11.6 Å². The number of ether oxygens (including phenoxy) is 1. The van der Waals surface area contributed by atoms with E-state index in [1.165, 1.54) is 6.08 Å². The maximum absolute atomic E-state index is 11.7. The highest BCUT2D eigenvalue weighted by Crippen LogP contribution is 2.45. The lowest BCUT2D eigenvalue weighted by molar-refractivity contribution is -0.111. The lowest BCUT2D eigenvalue weighted by Gasteiger charge is -2.18. The highest BCUT2D eigenvalue weighted by Gasteiger charge is 2.26. The Kier molecular flexibility index (Phi) is 5.97. The first-order valence-electron chi connectivity index (χ1n) is 11.9. The number of anilines is 2. The molecule has 6 rings (SSSR count). The van der Waals surface area contributed by atoms with Crippen LogP contribution in [0.4, 0.5) is 11.5 Å². The molecule has 2 N–H and O–H groups in total. The van der Waals surface area contributed by atoms with Gasteiger partial charge in [-0.05, 0) is 59.5 Å². The zero-order valence-corrected chi connectivity index (χ0v) is 21.2. The van der Waals surface area contributed by atoms with Gasteiger partial charge in [0.15, 0.2) is 0 Å². The Morgan fingerprint density at radius 2 is 2.00 bits per heavy atom. The topological polar surface area (TPSA) is 107 Å². The van der Waals surface area contributed by atoms with Crippen LogP contribution < -0.4 is 15.4 Å². The van der Waals surface area contributed by atoms with E-state index >= 15 is 0 Å². The summed E-state index contributed by atoms with van der Waals surface area (Å²) in [6.07, 6.45) is 5.13. The van der Waals surface area contributed by atoms with Gasteiger partial charge in [0.2, 0.25) is 5.91 Å². The smallest absolute Gasteiger partial charge is 0.323 e. The van der Waals surface area contributed by atoms with Gasteiger partial charge in [-0.25, -0.2) is 15.0 Å². The van der Waals surface area contributed by atoms with Crippen molar-refractivity contribution in [2.75, 3.05) is 17.2 Å². The molecule has 10 heteroatoms. The maximum atomic E-state index is 11.7. The molecular formula is C28H22ClN7O2. The predicted octanol–water partition coefficient (Wildman–Crippen LogP) is 5.63. The molecule has 1 aliphatic heterocycles. The lowest BCUT2D eigenvalue weighted by Crippen LogP contribution is -2.10. The fourth-order valence-electron chi connectivity index (χ4n) is 4.77. The molecule has 0 aliphatic carbocycles. The number of carbonyl (C=O) groups is 1. The molecule has 0 unspecified atom stereocenters. The third-order valence-corrected chi connectivity index (χ3v) is 6.63. The molecule has 9 nitrogen and oxygen atoms in total. The first-order chi connectivity index (χ1) is 18.5. The second kappa shape index (κ2) is 9.60. The first kappa shape index (κ1) is 23.6. The predicted molar refractivity (Wildman–Crippen MR) is 148 cm³/mol. The molecule has 0 fully saturated rings. The molecule has 0 radical (unpaired) electrons. The number of benzene rings is 2. The highest BCUT2D eigenvalue weighted by molar-refractivity contribution is 6.29. The average molecular weight is 524 g/mol. The number of nitrogens with one attached hydrogen (secondary N) is 2. The van der Waals surface area contributed by atoms with Crippen LogP contribution in [0.2, 0.25) is 5.15 Å². The van der Waals surface area contributed by atoms with Gasteiger partial charge in [0.05, 0.1) is 11.1 Å². The van der Waals surface area contributed by atoms with E-state index in [2.05, 4.69) is 41.7 Å². The minimum absolute atomic E-state index is 0.187. The largest absolute Gasteiger partial charge is 0.424 e. The SMILES string of the molecule is C=CC(=O)Nc1ccc(-c2c3c4c(ncnc4n2C)NCCc2cc(Oc4nccc(Cl)n4)ccc2-3)cc1. The molecule has 2 aromatic carbocycles. The molecule has 0 spiro atoms. The number of hydrogen-bond acceptors (Lipinski definition) is 7. The van der Waals surface area contributed by atoms with Crippen molar-refractivity contribution in [2.24, 2.45) is 7.05 Å². The van der Waals surface area contributed by atoms with E-state index in [1.54, 1.807) is 18.6 Å². The van der Waals surface area contributed by atoms with Gasteiger partial charge in [-0.15, -0.1) is 0 Å². The minimum atomic E-state index is -0.258. The molecule has 0 atom stereocenters. The molecule has 5 aromatic rings. The Bertz CT molecular complexity index is 1710. The molecule has 4 heterocycles. The van der Waals surface area contributed by atoms with Crippen molar-refractivity contribution < 1.29 is 9.53 Å². The number of nitrogens with zero attached hydrogens (tertiary/aromatic N) is 5. The Hall–Kier alpha value is -4.76. The molecule has 0 saturated heterocycles. The van der Waals surface area contributed by atoms with Crippen LogP contribution in [0.1, 0.15) is 5.56 Å². The van der Waals surface area contributed by atoms with Crippen molar-refractivity contribution >= 4 is 40.0 Å². The first-order valence-corrected chi connectivity index (χ1v) is 12.3. The van der Waals surface area contributed by atoms with E-state index in [-0.39, 0.29) is 11.9 Å². The average Bonchev–Trinajstić information content (AvgIpc) is 3.21. The fraction of sp³-hybridized carbons (Fsp3) is 0.107. The quantitative estimate of drug-likeness (QED) is 0.227. The van der Waals surface area contributed by atoms with Crippen molar-refractivity contribution in [3.8, 4) is 34.1 Å². The van der Waals surface area contributed by atoms with Gasteiger partial charge >= 0.3 is 6.01 Å². The second-order valence-electron chi connectivity index (χ2n) is 8.73. The Morgan fingerprint density at radius 3 is 2.79 bits per heavy atom. The Balaban J connectivity index is 1.50. The summed E-state index contributed by atoms with van der Waals surface area (Å²) >= 11 is 6.00. The Morgan fingerprint density at radius 1 is 1.16 bits per heavy atom. The number of hydrogen-bond donors (Lipinski definition) is 2. The number of aryl methyl sites for hydroxylation is 1. The van der Waals surface area contributed by atoms with Crippen molar-refractivity contribution in [3.05, 3.63) is 84.4 Å². The lowest BCUT2D eigenvalue weighted by atomic mass is 9.92. The zero-order chi connectivity index (χ0) is 26.2. The number of carbonyl (C=O) groups excluding carboxylic acids is 1. The summed E-state index contributed by atoms with van der Waals surface area (Å²) in [5.41, 5.74) is 6.64. The fourth-order valence-corrected chi connectivity index (χ4v) is 4.89. The Labute approximate surface area is 223 Å². The summed E-state index contributed by atoms with van der Waals surface area (Å²) in [4.78, 5) is 29.2. The summed E-state index contributed by atoms with van der Waals surface area (Å²) in [6, 6.07) is 15.5. The van der Waals surface area contributed by atoms with Gasteiger partial charge < -0.3 is 19.9 Å². The number of halogens is 1. The van der Waals surface area contributed by atoms with Crippen LogP contribution in [0.25, 0.3) is 33.4 Å². The van der Waals surface area contributed by atoms with Gasteiger partial charge in [-0.3, -0.25) is 4.79 Å². The maximum Gasteiger partial charge on any atom is 0.323 e. The second-order valence-corrected chi connectivity index (χ2v) is 9.12. The molecule has 38 heavy (non-hydrogen) atoms. The standard InChI is InChI=1S/C28H22ClN7O2/c1-3-22(37)34-18-6-4-16(5-7-18)25-23-20-9-8-19(38-28-31-13-11-21(29)35-28)14-17(20)10-12-30-26-24(23)27(36(25)2)33-15-32-26/h3-9,11,13-15H,1,10,12H2,2H3,(H,34,37)(H,30,32,33). The number of amides is 1. The van der Waals surface area contributed by atoms with Crippen LogP contribution in [-0.2, 0) is 18.3 Å². The molecule has 188 valence electrons. The van der Waals surface area contributed by atoms with Crippen LogP contribution in [0.3, 0.4) is 0 Å². The van der Waals surface area contributed by atoms with Crippen LogP contribution in [0, 0.1) is 0 Å². The van der Waals surface area contributed by atoms with Gasteiger partial charge in [-0.2, -0.15) is 4.98 Å². The van der Waals surface area contributed by atoms with E-state index in [9.17, 15) is 4.79 Å². The van der Waals surface area contributed by atoms with E-state index in [0.29, 0.717) is 23.1 Å². The summed E-state index contributed by atoms with van der Waals surface area (Å²) < 4.78 is 7.99. The summed E-state index contributed by atoms with van der Waals surface area (Å²) in [6.45, 7) is 4.20. The van der Waals surface area contributed by atoms with Crippen molar-refractivity contribution in [1.29, 1.82) is 0 Å². The summed E-state index contributed by atoms with van der Waals surface area (Å²) in [5, 5.41) is 7.53. The van der Waals surface area contributed by atoms with Crippen LogP contribution in [0.5, 0.6) is 11.8 Å². The molecule has 3 aromatic heterocycles. The number of fused-ring (bicyclic) bond motifs is 2.